The highest BCUT2D eigenvalue weighted by Gasteiger charge is 2.23. The monoisotopic (exact) mass is 238 g/mol. The van der Waals surface area contributed by atoms with Crippen molar-refractivity contribution < 1.29 is 9.53 Å². The molecule has 17 heavy (non-hydrogen) atoms. The van der Waals surface area contributed by atoms with Crippen LogP contribution in [0.25, 0.3) is 0 Å². The van der Waals surface area contributed by atoms with Crippen LogP contribution in [0.5, 0.6) is 0 Å². The van der Waals surface area contributed by atoms with Crippen LogP contribution in [-0.4, -0.2) is 37.2 Å². The van der Waals surface area contributed by atoms with E-state index in [2.05, 4.69) is 18.8 Å². The first-order valence-corrected chi connectivity index (χ1v) is 6.10. The van der Waals surface area contributed by atoms with E-state index in [0.29, 0.717) is 6.54 Å². The number of amides is 1. The summed E-state index contributed by atoms with van der Waals surface area (Å²) in [6.45, 7) is 7.41. The predicted molar refractivity (Wildman–Crippen MR) is 68.3 cm³/mol. The molecule has 0 bridgehead atoms. The molecule has 1 aliphatic rings. The van der Waals surface area contributed by atoms with E-state index in [1.165, 1.54) is 0 Å². The molecule has 0 radical (unpaired) electrons. The van der Waals surface area contributed by atoms with Gasteiger partial charge in [-0.2, -0.15) is 0 Å². The van der Waals surface area contributed by atoms with Gasteiger partial charge in [-0.15, -0.1) is 0 Å². The molecule has 0 saturated carbocycles. The van der Waals surface area contributed by atoms with Crippen LogP contribution >= 0.6 is 0 Å². The van der Waals surface area contributed by atoms with Crippen LogP contribution in [0.2, 0.25) is 0 Å². The zero-order valence-corrected chi connectivity index (χ0v) is 10.7. The lowest BCUT2D eigenvalue weighted by atomic mass is 10.2. The number of carbonyl (C=O) groups excluding carboxylic acids is 1. The fraction of sp³-hybridized carbons (Fsp3) is 0.615. The normalized spacial score (nSPS) is 19.5. The van der Waals surface area contributed by atoms with E-state index in [9.17, 15) is 4.79 Å². The summed E-state index contributed by atoms with van der Waals surface area (Å²) in [7, 11) is 1.63. The highest BCUT2D eigenvalue weighted by Crippen LogP contribution is 2.12. The first-order chi connectivity index (χ1) is 8.19. The second kappa shape index (κ2) is 7.12. The largest absolute Gasteiger partial charge is 0.387 e. The Morgan fingerprint density at radius 1 is 1.71 bits per heavy atom. The minimum absolute atomic E-state index is 0.0194. The van der Waals surface area contributed by atoms with E-state index in [4.69, 9.17) is 4.74 Å². The van der Waals surface area contributed by atoms with Crippen molar-refractivity contribution in [3.63, 3.8) is 0 Å². The van der Waals surface area contributed by atoms with Gasteiger partial charge in [-0.25, -0.2) is 0 Å². The van der Waals surface area contributed by atoms with Crippen molar-refractivity contribution in [3.05, 3.63) is 24.4 Å². The molecule has 4 heteroatoms. The SMILES string of the molecule is C=C(CCC)NCCN1C(=O)C=CCC1OC. The minimum Gasteiger partial charge on any atom is -0.387 e. The zero-order valence-electron chi connectivity index (χ0n) is 10.7. The van der Waals surface area contributed by atoms with Crippen molar-refractivity contribution in [2.24, 2.45) is 0 Å². The molecular formula is C13H22N2O2. The molecule has 1 rings (SSSR count). The van der Waals surface area contributed by atoms with Crippen molar-refractivity contribution in [3.8, 4) is 0 Å². The van der Waals surface area contributed by atoms with Gasteiger partial charge in [0.1, 0.15) is 6.23 Å². The Morgan fingerprint density at radius 2 is 2.47 bits per heavy atom. The number of nitrogens with one attached hydrogen (secondary N) is 1. The zero-order chi connectivity index (χ0) is 12.7. The van der Waals surface area contributed by atoms with Gasteiger partial charge in [0.25, 0.3) is 0 Å². The van der Waals surface area contributed by atoms with Crippen LogP contribution < -0.4 is 5.32 Å². The molecule has 0 aromatic heterocycles. The van der Waals surface area contributed by atoms with E-state index in [1.807, 2.05) is 6.08 Å². The van der Waals surface area contributed by atoms with Gasteiger partial charge in [0.05, 0.1) is 0 Å². The van der Waals surface area contributed by atoms with Crippen LogP contribution in [0.3, 0.4) is 0 Å². The predicted octanol–water partition coefficient (Wildman–Crippen LogP) is 1.65. The third kappa shape index (κ3) is 4.23. The van der Waals surface area contributed by atoms with Gasteiger partial charge in [0.15, 0.2) is 0 Å². The summed E-state index contributed by atoms with van der Waals surface area (Å²) in [6.07, 6.45) is 6.15. The Labute approximate surface area is 103 Å². The van der Waals surface area contributed by atoms with Gasteiger partial charge in [0, 0.05) is 32.3 Å². The number of nitrogens with zero attached hydrogens (tertiary/aromatic N) is 1. The Balaban J connectivity index is 2.36. The van der Waals surface area contributed by atoms with Crippen molar-refractivity contribution in [2.75, 3.05) is 20.2 Å². The quantitative estimate of drug-likeness (QED) is 0.733. The number of rotatable bonds is 7. The molecule has 0 spiro atoms. The van der Waals surface area contributed by atoms with Crippen molar-refractivity contribution >= 4 is 5.91 Å². The second-order valence-corrected chi connectivity index (χ2v) is 4.14. The lowest BCUT2D eigenvalue weighted by Crippen LogP contribution is -2.45. The van der Waals surface area contributed by atoms with Crippen LogP contribution in [-0.2, 0) is 9.53 Å². The summed E-state index contributed by atoms with van der Waals surface area (Å²) in [5.74, 6) is 0.0194. The molecule has 1 atom stereocenters. The maximum Gasteiger partial charge on any atom is 0.248 e. The molecule has 1 N–H and O–H groups in total. The molecule has 0 saturated heterocycles. The summed E-state index contributed by atoms with van der Waals surface area (Å²) < 4.78 is 5.28. The topological polar surface area (TPSA) is 41.6 Å². The van der Waals surface area contributed by atoms with E-state index in [-0.39, 0.29) is 12.1 Å². The van der Waals surface area contributed by atoms with Gasteiger partial charge in [-0.3, -0.25) is 4.79 Å². The Kier molecular flexibility index (Phi) is 5.77. The fourth-order valence-electron chi connectivity index (χ4n) is 1.87. The van der Waals surface area contributed by atoms with E-state index in [1.54, 1.807) is 18.1 Å². The minimum atomic E-state index is -0.131. The van der Waals surface area contributed by atoms with Crippen molar-refractivity contribution in [2.45, 2.75) is 32.4 Å². The number of hydrogen-bond acceptors (Lipinski definition) is 3. The average Bonchev–Trinajstić information content (AvgIpc) is 2.31. The van der Waals surface area contributed by atoms with Crippen LogP contribution in [0, 0.1) is 0 Å². The number of methoxy groups -OCH3 is 1. The lowest BCUT2D eigenvalue weighted by Gasteiger charge is -2.31. The first-order valence-electron chi connectivity index (χ1n) is 6.10. The van der Waals surface area contributed by atoms with Crippen LogP contribution in [0.15, 0.2) is 24.4 Å². The molecule has 0 fully saturated rings. The smallest absolute Gasteiger partial charge is 0.248 e. The molecular weight excluding hydrogens is 216 g/mol. The van der Waals surface area contributed by atoms with E-state index < -0.39 is 0 Å². The van der Waals surface area contributed by atoms with E-state index in [0.717, 1.165) is 31.5 Å². The molecule has 0 aromatic rings. The highest BCUT2D eigenvalue weighted by atomic mass is 16.5. The van der Waals surface area contributed by atoms with E-state index >= 15 is 0 Å². The Bertz CT molecular complexity index is 300. The molecule has 0 aliphatic carbocycles. The standard InChI is InChI=1S/C13H22N2O2/c1-4-6-11(2)14-9-10-15-12(16)7-5-8-13(15)17-3/h5,7,13-14H,2,4,6,8-10H2,1,3H3. The molecule has 1 amide bonds. The molecule has 4 nitrogen and oxygen atoms in total. The number of hydrogen-bond donors (Lipinski definition) is 1. The van der Waals surface area contributed by atoms with Gasteiger partial charge in [-0.1, -0.05) is 26.0 Å². The van der Waals surface area contributed by atoms with Crippen LogP contribution in [0.1, 0.15) is 26.2 Å². The maximum absolute atomic E-state index is 11.7. The summed E-state index contributed by atoms with van der Waals surface area (Å²) in [6, 6.07) is 0. The lowest BCUT2D eigenvalue weighted by molar-refractivity contribution is -0.139. The van der Waals surface area contributed by atoms with Crippen molar-refractivity contribution in [1.29, 1.82) is 0 Å². The first kappa shape index (κ1) is 13.8. The van der Waals surface area contributed by atoms with Gasteiger partial charge in [0.2, 0.25) is 5.91 Å². The third-order valence-corrected chi connectivity index (χ3v) is 2.78. The number of allylic oxidation sites excluding steroid dienone is 1. The molecule has 1 unspecified atom stereocenters. The number of carbonyl (C=O) groups is 1. The van der Waals surface area contributed by atoms with Crippen LogP contribution in [0.4, 0.5) is 0 Å². The summed E-state index contributed by atoms with van der Waals surface area (Å²) in [4.78, 5) is 13.4. The third-order valence-electron chi connectivity index (χ3n) is 2.78. The fourth-order valence-corrected chi connectivity index (χ4v) is 1.87. The molecule has 0 aromatic carbocycles. The molecule has 1 aliphatic heterocycles. The van der Waals surface area contributed by atoms with Gasteiger partial charge >= 0.3 is 0 Å². The summed E-state index contributed by atoms with van der Waals surface area (Å²) >= 11 is 0. The molecule has 96 valence electrons. The molecule has 1 heterocycles. The van der Waals surface area contributed by atoms with Gasteiger partial charge in [-0.05, 0) is 12.5 Å². The summed E-state index contributed by atoms with van der Waals surface area (Å²) in [5.41, 5.74) is 1.03. The highest BCUT2D eigenvalue weighted by molar-refractivity contribution is 5.88. The average molecular weight is 238 g/mol. The Hall–Kier alpha value is -1.29. The van der Waals surface area contributed by atoms with Crippen molar-refractivity contribution in [1.82, 2.24) is 10.2 Å². The second-order valence-electron chi connectivity index (χ2n) is 4.14. The summed E-state index contributed by atoms with van der Waals surface area (Å²) in [5, 5.41) is 3.23. The Morgan fingerprint density at radius 3 is 3.12 bits per heavy atom. The number of ether oxygens (including phenoxy) is 1. The van der Waals surface area contributed by atoms with Gasteiger partial charge < -0.3 is 15.0 Å². The maximum atomic E-state index is 11.7.